The molecule has 2 heterocycles. The molecule has 1 fully saturated rings. The van der Waals surface area contributed by atoms with Gasteiger partial charge in [0.2, 0.25) is 5.56 Å². The first-order chi connectivity index (χ1) is 16.9. The molecule has 1 atom stereocenters. The Hall–Kier alpha value is -3.87. The number of aromatic nitrogens is 1. The summed E-state index contributed by atoms with van der Waals surface area (Å²) >= 11 is 0. The fraction of sp³-hybridized carbons (Fsp3) is 0.321. The number of oxime groups is 1. The lowest BCUT2D eigenvalue weighted by Crippen LogP contribution is -2.36. The molecule has 2 aromatic carbocycles. The van der Waals surface area contributed by atoms with Crippen LogP contribution in [0.2, 0.25) is 0 Å². The van der Waals surface area contributed by atoms with Crippen molar-refractivity contribution in [3.8, 4) is 0 Å². The Morgan fingerprint density at radius 1 is 1.06 bits per heavy atom. The lowest BCUT2D eigenvalue weighted by molar-refractivity contribution is 0.132. The number of hydrogen-bond donors (Lipinski definition) is 2. The molecule has 1 amide bonds. The molecule has 4 rings (SSSR count). The number of nitrogens with zero attached hydrogens (tertiary/aromatic N) is 3. The van der Waals surface area contributed by atoms with E-state index in [0.29, 0.717) is 36.7 Å². The van der Waals surface area contributed by atoms with Crippen LogP contribution in [0.4, 0.5) is 4.79 Å². The van der Waals surface area contributed by atoms with Gasteiger partial charge in [0.05, 0.1) is 5.71 Å². The lowest BCUT2D eigenvalue weighted by atomic mass is 9.82. The Labute approximate surface area is 205 Å². The zero-order valence-electron chi connectivity index (χ0n) is 20.1. The van der Waals surface area contributed by atoms with Crippen LogP contribution >= 0.6 is 0 Å². The van der Waals surface area contributed by atoms with Crippen molar-refractivity contribution >= 4 is 11.8 Å². The predicted octanol–water partition coefficient (Wildman–Crippen LogP) is 4.95. The molecule has 1 aliphatic heterocycles. The fourth-order valence-electron chi connectivity index (χ4n) is 4.96. The van der Waals surface area contributed by atoms with Crippen LogP contribution in [-0.4, -0.2) is 44.7 Å². The lowest BCUT2D eigenvalue weighted by Gasteiger charge is -2.30. The molecule has 7 nitrogen and oxygen atoms in total. The standard InChI is InChI=1S/C28H31N3O4/c1-19-5-3-4-6-24(19)25(17-26(29-35)23-11-12-27(32)30(2)18-23)22-9-7-20(8-10-22)21-13-15-31(16-14-21)28(33)34/h3-12,18,21,25,35H,13-17H2,1-2H3,(H,33,34)/b29-26-. The first kappa shape index (κ1) is 24.3. The molecule has 0 aliphatic carbocycles. The van der Waals surface area contributed by atoms with Gasteiger partial charge in [-0.25, -0.2) is 4.79 Å². The van der Waals surface area contributed by atoms with E-state index in [4.69, 9.17) is 0 Å². The molecule has 0 bridgehead atoms. The number of piperidine rings is 1. The maximum absolute atomic E-state index is 11.8. The van der Waals surface area contributed by atoms with Crippen molar-refractivity contribution in [3.63, 3.8) is 0 Å². The summed E-state index contributed by atoms with van der Waals surface area (Å²) in [5.74, 6) is 0.305. The highest BCUT2D eigenvalue weighted by molar-refractivity contribution is 6.00. The second kappa shape index (κ2) is 10.6. The number of benzene rings is 2. The highest BCUT2D eigenvalue weighted by Crippen LogP contribution is 2.34. The number of rotatable bonds is 6. The summed E-state index contributed by atoms with van der Waals surface area (Å²) in [7, 11) is 1.68. The van der Waals surface area contributed by atoms with Crippen molar-refractivity contribution in [2.75, 3.05) is 13.1 Å². The van der Waals surface area contributed by atoms with E-state index in [1.807, 2.05) is 12.1 Å². The molecule has 0 saturated carbocycles. The van der Waals surface area contributed by atoms with Crippen LogP contribution < -0.4 is 5.56 Å². The van der Waals surface area contributed by atoms with Gasteiger partial charge in [-0.2, -0.15) is 0 Å². The number of likely N-dealkylation sites (tertiary alicyclic amines) is 1. The molecule has 1 aromatic heterocycles. The second-order valence-electron chi connectivity index (χ2n) is 9.24. The molecule has 1 aliphatic rings. The second-order valence-corrected chi connectivity index (χ2v) is 9.24. The van der Waals surface area contributed by atoms with Gasteiger partial charge in [-0.15, -0.1) is 0 Å². The van der Waals surface area contributed by atoms with Crippen LogP contribution in [0.5, 0.6) is 0 Å². The molecule has 1 saturated heterocycles. The minimum Gasteiger partial charge on any atom is -0.465 e. The van der Waals surface area contributed by atoms with Crippen LogP contribution in [0.25, 0.3) is 0 Å². The molecule has 0 radical (unpaired) electrons. The molecule has 1 unspecified atom stereocenters. The summed E-state index contributed by atoms with van der Waals surface area (Å²) in [4.78, 5) is 24.5. The molecular formula is C28H31N3O4. The molecular weight excluding hydrogens is 442 g/mol. The summed E-state index contributed by atoms with van der Waals surface area (Å²) in [6, 6.07) is 19.9. The fourth-order valence-corrected chi connectivity index (χ4v) is 4.96. The van der Waals surface area contributed by atoms with Crippen molar-refractivity contribution in [1.29, 1.82) is 0 Å². The molecule has 2 N–H and O–H groups in total. The Morgan fingerprint density at radius 2 is 1.74 bits per heavy atom. The number of pyridine rings is 1. The molecule has 7 heteroatoms. The summed E-state index contributed by atoms with van der Waals surface area (Å²) in [5.41, 5.74) is 5.73. The van der Waals surface area contributed by atoms with Gasteiger partial charge >= 0.3 is 6.09 Å². The van der Waals surface area contributed by atoms with E-state index >= 15 is 0 Å². The monoisotopic (exact) mass is 473 g/mol. The minimum atomic E-state index is -0.847. The first-order valence-corrected chi connectivity index (χ1v) is 11.9. The number of carbonyl (C=O) groups is 1. The molecule has 3 aromatic rings. The van der Waals surface area contributed by atoms with Crippen molar-refractivity contribution in [2.45, 2.75) is 38.0 Å². The summed E-state index contributed by atoms with van der Waals surface area (Å²) in [6.45, 7) is 3.20. The van der Waals surface area contributed by atoms with Crippen LogP contribution in [0.3, 0.4) is 0 Å². The third-order valence-corrected chi connectivity index (χ3v) is 7.08. The highest BCUT2D eigenvalue weighted by atomic mass is 16.4. The van der Waals surface area contributed by atoms with Gasteiger partial charge in [0.1, 0.15) is 0 Å². The van der Waals surface area contributed by atoms with E-state index in [1.54, 1.807) is 19.3 Å². The maximum Gasteiger partial charge on any atom is 0.407 e. The Balaban J connectivity index is 1.62. The van der Waals surface area contributed by atoms with Crippen molar-refractivity contribution < 1.29 is 15.1 Å². The third kappa shape index (κ3) is 5.45. The zero-order valence-corrected chi connectivity index (χ0v) is 20.1. The van der Waals surface area contributed by atoms with Gasteiger partial charge < -0.3 is 19.8 Å². The summed E-state index contributed by atoms with van der Waals surface area (Å²) in [5, 5.41) is 22.7. The van der Waals surface area contributed by atoms with Gasteiger partial charge in [0.15, 0.2) is 0 Å². The van der Waals surface area contributed by atoms with E-state index in [1.165, 1.54) is 21.1 Å². The third-order valence-electron chi connectivity index (χ3n) is 7.08. The van der Waals surface area contributed by atoms with E-state index in [2.05, 4.69) is 48.5 Å². The average Bonchev–Trinajstić information content (AvgIpc) is 2.87. The largest absolute Gasteiger partial charge is 0.465 e. The maximum atomic E-state index is 11.8. The van der Waals surface area contributed by atoms with Crippen LogP contribution in [0.1, 0.15) is 58.9 Å². The van der Waals surface area contributed by atoms with Gasteiger partial charge in [-0.1, -0.05) is 53.7 Å². The van der Waals surface area contributed by atoms with Gasteiger partial charge in [0.25, 0.3) is 0 Å². The number of aryl methyl sites for hydroxylation is 2. The van der Waals surface area contributed by atoms with E-state index in [-0.39, 0.29) is 11.5 Å². The SMILES string of the molecule is Cc1ccccc1C(C/C(=N/O)c1ccc(=O)n(C)c1)c1ccc(C2CCN(C(=O)O)CC2)cc1. The van der Waals surface area contributed by atoms with Gasteiger partial charge in [-0.05, 0) is 54.0 Å². The summed E-state index contributed by atoms with van der Waals surface area (Å²) in [6.07, 6.45) is 2.95. The topological polar surface area (TPSA) is 95.1 Å². The van der Waals surface area contributed by atoms with Crippen molar-refractivity contribution in [2.24, 2.45) is 12.2 Å². The smallest absolute Gasteiger partial charge is 0.407 e. The van der Waals surface area contributed by atoms with Gasteiger partial charge in [0, 0.05) is 50.3 Å². The van der Waals surface area contributed by atoms with Crippen LogP contribution in [0, 0.1) is 6.92 Å². The minimum absolute atomic E-state index is 0.0396. The van der Waals surface area contributed by atoms with Crippen LogP contribution in [0.15, 0.2) is 76.8 Å². The quantitative estimate of drug-likeness (QED) is 0.301. The van der Waals surface area contributed by atoms with Crippen LogP contribution in [-0.2, 0) is 7.05 Å². The molecule has 35 heavy (non-hydrogen) atoms. The molecule has 182 valence electrons. The van der Waals surface area contributed by atoms with E-state index in [9.17, 15) is 19.9 Å². The molecule has 0 spiro atoms. The van der Waals surface area contributed by atoms with Crippen molar-refractivity contribution in [1.82, 2.24) is 9.47 Å². The zero-order chi connectivity index (χ0) is 24.9. The first-order valence-electron chi connectivity index (χ1n) is 11.9. The number of hydrogen-bond acceptors (Lipinski definition) is 4. The van der Waals surface area contributed by atoms with Crippen molar-refractivity contribution in [3.05, 3.63) is 105 Å². The summed E-state index contributed by atoms with van der Waals surface area (Å²) < 4.78 is 1.48. The Kier molecular flexibility index (Phi) is 7.34. The Bertz CT molecular complexity index is 1270. The number of carboxylic acid groups (broad SMARTS) is 1. The van der Waals surface area contributed by atoms with E-state index < -0.39 is 6.09 Å². The average molecular weight is 474 g/mol. The van der Waals surface area contributed by atoms with Gasteiger partial charge in [-0.3, -0.25) is 4.79 Å². The highest BCUT2D eigenvalue weighted by Gasteiger charge is 2.25. The normalized spacial score (nSPS) is 15.7. The number of amides is 1. The van der Waals surface area contributed by atoms with E-state index in [0.717, 1.165) is 29.5 Å². The Morgan fingerprint density at radius 3 is 2.34 bits per heavy atom. The predicted molar refractivity (Wildman–Crippen MR) is 136 cm³/mol.